The number of amides is 2. The van der Waals surface area contributed by atoms with Gasteiger partial charge in [-0.1, -0.05) is 31.2 Å². The molecule has 0 aliphatic rings. The summed E-state index contributed by atoms with van der Waals surface area (Å²) in [4.78, 5) is 29.4. The normalized spacial score (nSPS) is 10.1. The van der Waals surface area contributed by atoms with E-state index in [0.717, 1.165) is 23.2 Å². The van der Waals surface area contributed by atoms with Gasteiger partial charge in [-0.25, -0.2) is 4.98 Å². The van der Waals surface area contributed by atoms with Crippen molar-refractivity contribution >= 4 is 23.2 Å². The third kappa shape index (κ3) is 4.66. The Morgan fingerprint density at radius 2 is 1.55 bits per heavy atom. The summed E-state index contributed by atoms with van der Waals surface area (Å²) >= 11 is 0. The first-order valence-electron chi connectivity index (χ1n) is 9.20. The predicted molar refractivity (Wildman–Crippen MR) is 112 cm³/mol. The van der Waals surface area contributed by atoms with E-state index in [-0.39, 0.29) is 17.3 Å². The molecule has 2 amide bonds. The second-order valence-electron chi connectivity index (χ2n) is 6.47. The average Bonchev–Trinajstić information content (AvgIpc) is 2.75. The zero-order chi connectivity index (χ0) is 20.8. The maximum absolute atomic E-state index is 12.7. The first-order chi connectivity index (χ1) is 14.0. The van der Waals surface area contributed by atoms with Crippen molar-refractivity contribution in [2.75, 3.05) is 10.6 Å². The van der Waals surface area contributed by atoms with Gasteiger partial charge in [0.25, 0.3) is 11.8 Å². The third-order valence-electron chi connectivity index (χ3n) is 4.46. The summed E-state index contributed by atoms with van der Waals surface area (Å²) in [6.45, 7) is 3.96. The Hall–Kier alpha value is -3.98. The van der Waals surface area contributed by atoms with Gasteiger partial charge in [-0.15, -0.1) is 0 Å². The first kappa shape index (κ1) is 19.8. The van der Waals surface area contributed by atoms with E-state index in [4.69, 9.17) is 5.26 Å². The molecule has 1 aromatic heterocycles. The van der Waals surface area contributed by atoms with Crippen molar-refractivity contribution in [3.8, 4) is 6.07 Å². The molecule has 0 saturated heterocycles. The van der Waals surface area contributed by atoms with Gasteiger partial charge < -0.3 is 10.6 Å². The molecular weight excluding hydrogens is 364 g/mol. The smallest absolute Gasteiger partial charge is 0.274 e. The van der Waals surface area contributed by atoms with Gasteiger partial charge in [-0.2, -0.15) is 5.26 Å². The van der Waals surface area contributed by atoms with Crippen LogP contribution in [0.4, 0.5) is 11.4 Å². The zero-order valence-electron chi connectivity index (χ0n) is 16.2. The van der Waals surface area contributed by atoms with Crippen molar-refractivity contribution in [3.05, 3.63) is 88.7 Å². The highest BCUT2D eigenvalue weighted by Gasteiger charge is 2.15. The molecule has 6 nitrogen and oxygen atoms in total. The van der Waals surface area contributed by atoms with Gasteiger partial charge in [0.1, 0.15) is 11.4 Å². The minimum atomic E-state index is -0.436. The van der Waals surface area contributed by atoms with Crippen LogP contribution in [-0.4, -0.2) is 16.8 Å². The zero-order valence-corrected chi connectivity index (χ0v) is 16.2. The molecule has 0 unspecified atom stereocenters. The number of nitriles is 1. The Balaban J connectivity index is 1.77. The lowest BCUT2D eigenvalue weighted by Crippen LogP contribution is -2.19. The van der Waals surface area contributed by atoms with Crippen molar-refractivity contribution in [1.82, 2.24) is 4.98 Å². The molecule has 1 heterocycles. The number of nitrogens with one attached hydrogen (secondary N) is 2. The highest BCUT2D eigenvalue weighted by Crippen LogP contribution is 2.21. The molecule has 29 heavy (non-hydrogen) atoms. The quantitative estimate of drug-likeness (QED) is 0.684. The number of carbonyl (C=O) groups is 2. The third-order valence-corrected chi connectivity index (χ3v) is 4.46. The van der Waals surface area contributed by atoms with Gasteiger partial charge in [0.05, 0.1) is 11.6 Å². The summed E-state index contributed by atoms with van der Waals surface area (Å²) in [6, 6.07) is 19.1. The van der Waals surface area contributed by atoms with E-state index >= 15 is 0 Å². The summed E-state index contributed by atoms with van der Waals surface area (Å²) in [7, 11) is 0. The summed E-state index contributed by atoms with van der Waals surface area (Å²) < 4.78 is 0. The summed E-state index contributed by atoms with van der Waals surface area (Å²) in [5.74, 6) is -0.809. The van der Waals surface area contributed by atoms with E-state index < -0.39 is 5.91 Å². The molecular formula is C23H20N4O2. The predicted octanol–water partition coefficient (Wildman–Crippen LogP) is 4.33. The number of aryl methyl sites for hydroxylation is 2. The van der Waals surface area contributed by atoms with E-state index in [0.29, 0.717) is 11.3 Å². The second kappa shape index (κ2) is 8.81. The van der Waals surface area contributed by atoms with Crippen LogP contribution in [0.2, 0.25) is 0 Å². The topological polar surface area (TPSA) is 94.9 Å². The van der Waals surface area contributed by atoms with Crippen molar-refractivity contribution < 1.29 is 9.59 Å². The van der Waals surface area contributed by atoms with Gasteiger partial charge in [0.15, 0.2) is 0 Å². The number of nitrogens with zero attached hydrogens (tertiary/aromatic N) is 2. The Bertz CT molecular complexity index is 1100. The Kier molecular flexibility index (Phi) is 6.00. The highest BCUT2D eigenvalue weighted by atomic mass is 16.2. The number of hydrogen-bond donors (Lipinski definition) is 2. The van der Waals surface area contributed by atoms with Crippen LogP contribution in [0.3, 0.4) is 0 Å². The molecule has 2 aromatic carbocycles. The van der Waals surface area contributed by atoms with Crippen LogP contribution in [0.15, 0.2) is 60.7 Å². The van der Waals surface area contributed by atoms with Crippen LogP contribution in [0.5, 0.6) is 0 Å². The molecule has 144 valence electrons. The largest absolute Gasteiger partial charge is 0.321 e. The van der Waals surface area contributed by atoms with Crippen molar-refractivity contribution in [3.63, 3.8) is 0 Å². The lowest BCUT2D eigenvalue weighted by Gasteiger charge is -2.13. The molecule has 0 saturated carbocycles. The van der Waals surface area contributed by atoms with E-state index in [1.54, 1.807) is 42.5 Å². The summed E-state index contributed by atoms with van der Waals surface area (Å²) in [5.41, 5.74) is 4.10. The Morgan fingerprint density at radius 3 is 2.17 bits per heavy atom. The maximum Gasteiger partial charge on any atom is 0.274 e. The molecule has 3 rings (SSSR count). The van der Waals surface area contributed by atoms with Crippen molar-refractivity contribution in [2.45, 2.75) is 20.3 Å². The number of rotatable bonds is 5. The van der Waals surface area contributed by atoms with Crippen LogP contribution < -0.4 is 10.6 Å². The monoisotopic (exact) mass is 384 g/mol. The minimum Gasteiger partial charge on any atom is -0.321 e. The molecule has 3 aromatic rings. The number of benzene rings is 2. The van der Waals surface area contributed by atoms with Crippen LogP contribution >= 0.6 is 0 Å². The van der Waals surface area contributed by atoms with Crippen LogP contribution in [0.25, 0.3) is 0 Å². The first-order valence-corrected chi connectivity index (χ1v) is 9.20. The standard InChI is InChI=1S/C23H20N4O2/c1-3-17-7-4-6-15(2)21(17)27-23(29)20-9-5-8-19(26-20)22(28)25-18-12-10-16(14-24)11-13-18/h4-13H,3H2,1-2H3,(H,25,28)(H,27,29). The molecule has 0 fully saturated rings. The van der Waals surface area contributed by atoms with Crippen LogP contribution in [-0.2, 0) is 6.42 Å². The van der Waals surface area contributed by atoms with Crippen molar-refractivity contribution in [1.29, 1.82) is 5.26 Å². The number of aromatic nitrogens is 1. The second-order valence-corrected chi connectivity index (χ2v) is 6.47. The lowest BCUT2D eigenvalue weighted by molar-refractivity contribution is 0.101. The van der Waals surface area contributed by atoms with Crippen molar-refractivity contribution in [2.24, 2.45) is 0 Å². The minimum absolute atomic E-state index is 0.127. The number of anilines is 2. The fourth-order valence-electron chi connectivity index (χ4n) is 2.89. The fourth-order valence-corrected chi connectivity index (χ4v) is 2.89. The number of hydrogen-bond acceptors (Lipinski definition) is 4. The molecule has 2 N–H and O–H groups in total. The van der Waals surface area contributed by atoms with Gasteiger partial charge in [0.2, 0.25) is 0 Å². The fraction of sp³-hybridized carbons (Fsp3) is 0.130. The SMILES string of the molecule is CCc1cccc(C)c1NC(=O)c1cccc(C(=O)Nc2ccc(C#N)cc2)n1. The van der Waals surface area contributed by atoms with E-state index in [1.807, 2.05) is 38.1 Å². The molecule has 0 atom stereocenters. The van der Waals surface area contributed by atoms with Gasteiger partial charge >= 0.3 is 0 Å². The van der Waals surface area contributed by atoms with E-state index in [9.17, 15) is 9.59 Å². The Labute approximate surface area is 169 Å². The van der Waals surface area contributed by atoms with E-state index in [2.05, 4.69) is 15.6 Å². The maximum atomic E-state index is 12.7. The van der Waals surface area contributed by atoms with Gasteiger partial charge in [-0.3, -0.25) is 9.59 Å². The number of pyridine rings is 1. The molecule has 0 radical (unpaired) electrons. The summed E-state index contributed by atoms with van der Waals surface area (Å²) in [5, 5.41) is 14.5. The average molecular weight is 384 g/mol. The highest BCUT2D eigenvalue weighted by molar-refractivity contribution is 6.06. The molecule has 0 bridgehead atoms. The van der Waals surface area contributed by atoms with E-state index in [1.165, 1.54) is 0 Å². The van der Waals surface area contributed by atoms with Crippen LogP contribution in [0, 0.1) is 18.3 Å². The molecule has 6 heteroatoms. The number of carbonyl (C=O) groups excluding carboxylic acids is 2. The lowest BCUT2D eigenvalue weighted by atomic mass is 10.1. The Morgan fingerprint density at radius 1 is 0.931 bits per heavy atom. The molecule has 0 spiro atoms. The molecule has 0 aliphatic carbocycles. The van der Waals surface area contributed by atoms with Gasteiger partial charge in [-0.05, 0) is 60.9 Å². The summed E-state index contributed by atoms with van der Waals surface area (Å²) in [6.07, 6.45) is 0.789. The molecule has 0 aliphatic heterocycles. The van der Waals surface area contributed by atoms with Crippen LogP contribution in [0.1, 0.15) is 44.6 Å². The van der Waals surface area contributed by atoms with Gasteiger partial charge in [0, 0.05) is 11.4 Å². The number of para-hydroxylation sites is 1.